The molecule has 0 spiro atoms. The molecule has 1 aromatic heterocycles. The zero-order chi connectivity index (χ0) is 14.2. The average Bonchev–Trinajstić information content (AvgIpc) is 3.10. The minimum atomic E-state index is -3.52. The summed E-state index contributed by atoms with van der Waals surface area (Å²) in [6.07, 6.45) is 3.18. The minimum Gasteiger partial charge on any atom is -0.468 e. The van der Waals surface area contributed by atoms with E-state index in [-0.39, 0.29) is 10.9 Å². The lowest BCUT2D eigenvalue weighted by Crippen LogP contribution is -2.30. The van der Waals surface area contributed by atoms with Gasteiger partial charge in [0.15, 0.2) is 0 Å². The van der Waals surface area contributed by atoms with E-state index in [0.717, 1.165) is 12.8 Å². The van der Waals surface area contributed by atoms with Gasteiger partial charge in [0.05, 0.1) is 17.2 Å². The molecule has 106 valence electrons. The summed E-state index contributed by atoms with van der Waals surface area (Å²) in [5.74, 6) is 0.694. The van der Waals surface area contributed by atoms with E-state index in [2.05, 4.69) is 0 Å². The SMILES string of the molecule is O=S(=O)(c1ccc(Cl)cc1)N1CCC[C@H]1c1ccco1. The van der Waals surface area contributed by atoms with Crippen LogP contribution in [-0.2, 0) is 10.0 Å². The fourth-order valence-electron chi connectivity index (χ4n) is 2.54. The maximum Gasteiger partial charge on any atom is 0.243 e. The number of hydrogen-bond donors (Lipinski definition) is 0. The van der Waals surface area contributed by atoms with Crippen LogP contribution in [0.15, 0.2) is 52.0 Å². The first-order chi connectivity index (χ1) is 9.59. The largest absolute Gasteiger partial charge is 0.468 e. The second kappa shape index (κ2) is 5.24. The molecule has 1 fully saturated rings. The fraction of sp³-hybridized carbons (Fsp3) is 0.286. The molecule has 1 aromatic carbocycles. The predicted octanol–water partition coefficient (Wildman–Crippen LogP) is 3.46. The van der Waals surface area contributed by atoms with Gasteiger partial charge in [-0.2, -0.15) is 4.31 Å². The summed E-state index contributed by atoms with van der Waals surface area (Å²) in [7, 11) is -3.52. The van der Waals surface area contributed by atoms with Crippen molar-refractivity contribution in [2.24, 2.45) is 0 Å². The van der Waals surface area contributed by atoms with E-state index in [1.165, 1.54) is 16.4 Å². The summed E-state index contributed by atoms with van der Waals surface area (Å²) in [6, 6.07) is 9.63. The summed E-state index contributed by atoms with van der Waals surface area (Å²) in [6.45, 7) is 0.510. The number of sulfonamides is 1. The molecular weight excluding hydrogens is 298 g/mol. The maximum absolute atomic E-state index is 12.7. The van der Waals surface area contributed by atoms with Crippen LogP contribution in [0, 0.1) is 0 Å². The van der Waals surface area contributed by atoms with Gasteiger partial charge in [0, 0.05) is 11.6 Å². The molecule has 6 heteroatoms. The van der Waals surface area contributed by atoms with Gasteiger partial charge < -0.3 is 4.42 Å². The normalized spacial score (nSPS) is 20.4. The second-order valence-corrected chi connectivity index (χ2v) is 7.07. The lowest BCUT2D eigenvalue weighted by Gasteiger charge is -2.22. The average molecular weight is 312 g/mol. The number of nitrogens with zero attached hydrogens (tertiary/aromatic N) is 1. The number of furan rings is 1. The van der Waals surface area contributed by atoms with Gasteiger partial charge in [0.25, 0.3) is 0 Å². The van der Waals surface area contributed by atoms with Crippen molar-refractivity contribution in [2.45, 2.75) is 23.8 Å². The Kier molecular flexibility index (Phi) is 3.58. The molecule has 0 N–H and O–H groups in total. The third-order valence-electron chi connectivity index (χ3n) is 3.50. The summed E-state index contributed by atoms with van der Waals surface area (Å²) in [5.41, 5.74) is 0. The first kappa shape index (κ1) is 13.7. The zero-order valence-corrected chi connectivity index (χ0v) is 12.3. The van der Waals surface area contributed by atoms with Crippen molar-refractivity contribution in [3.63, 3.8) is 0 Å². The van der Waals surface area contributed by atoms with Crippen molar-refractivity contribution >= 4 is 21.6 Å². The lowest BCUT2D eigenvalue weighted by atomic mass is 10.2. The van der Waals surface area contributed by atoms with Gasteiger partial charge in [-0.25, -0.2) is 8.42 Å². The molecule has 4 nitrogen and oxygen atoms in total. The monoisotopic (exact) mass is 311 g/mol. The van der Waals surface area contributed by atoms with Gasteiger partial charge in [-0.1, -0.05) is 11.6 Å². The molecule has 0 unspecified atom stereocenters. The van der Waals surface area contributed by atoms with E-state index in [4.69, 9.17) is 16.0 Å². The molecule has 1 saturated heterocycles. The Morgan fingerprint density at radius 1 is 1.20 bits per heavy atom. The Hall–Kier alpha value is -1.30. The van der Waals surface area contributed by atoms with Crippen LogP contribution in [0.2, 0.25) is 5.02 Å². The standard InChI is InChI=1S/C14H14ClNO3S/c15-11-5-7-12(8-6-11)20(17,18)16-9-1-3-13(16)14-4-2-10-19-14/h2,4-8,10,13H,1,3,9H2/t13-/m0/s1. The van der Waals surface area contributed by atoms with Crippen LogP contribution in [-0.4, -0.2) is 19.3 Å². The van der Waals surface area contributed by atoms with Crippen molar-refractivity contribution in [3.05, 3.63) is 53.4 Å². The molecule has 2 aromatic rings. The topological polar surface area (TPSA) is 50.5 Å². The summed E-state index contributed by atoms with van der Waals surface area (Å²) < 4.78 is 32.3. The molecule has 2 heterocycles. The lowest BCUT2D eigenvalue weighted by molar-refractivity contribution is 0.340. The number of benzene rings is 1. The summed E-state index contributed by atoms with van der Waals surface area (Å²) in [4.78, 5) is 0.264. The fourth-order valence-corrected chi connectivity index (χ4v) is 4.33. The van der Waals surface area contributed by atoms with Gasteiger partial charge in [0.1, 0.15) is 5.76 Å². The highest BCUT2D eigenvalue weighted by molar-refractivity contribution is 7.89. The third kappa shape index (κ3) is 2.37. The Labute approximate surface area is 123 Å². The van der Waals surface area contributed by atoms with Crippen LogP contribution in [0.5, 0.6) is 0 Å². The zero-order valence-electron chi connectivity index (χ0n) is 10.7. The van der Waals surface area contributed by atoms with Crippen LogP contribution < -0.4 is 0 Å². The first-order valence-electron chi connectivity index (χ1n) is 6.40. The van der Waals surface area contributed by atoms with Gasteiger partial charge in [-0.3, -0.25) is 0 Å². The molecule has 1 aliphatic heterocycles. The van der Waals surface area contributed by atoms with Crippen LogP contribution in [0.4, 0.5) is 0 Å². The minimum absolute atomic E-state index is 0.217. The van der Waals surface area contributed by atoms with Crippen LogP contribution >= 0.6 is 11.6 Å². The smallest absolute Gasteiger partial charge is 0.243 e. The van der Waals surface area contributed by atoms with Crippen molar-refractivity contribution in [2.75, 3.05) is 6.54 Å². The van der Waals surface area contributed by atoms with Crippen LogP contribution in [0.25, 0.3) is 0 Å². The van der Waals surface area contributed by atoms with Gasteiger partial charge in [-0.05, 0) is 49.2 Å². The molecule has 0 saturated carbocycles. The van der Waals surface area contributed by atoms with Crippen molar-refractivity contribution in [1.82, 2.24) is 4.31 Å². The Balaban J connectivity index is 1.96. The number of hydrogen-bond acceptors (Lipinski definition) is 3. The van der Waals surface area contributed by atoms with Crippen molar-refractivity contribution < 1.29 is 12.8 Å². The highest BCUT2D eigenvalue weighted by Gasteiger charge is 2.37. The number of rotatable bonds is 3. The maximum atomic E-state index is 12.7. The first-order valence-corrected chi connectivity index (χ1v) is 8.21. The highest BCUT2D eigenvalue weighted by atomic mass is 35.5. The third-order valence-corrected chi connectivity index (χ3v) is 5.67. The highest BCUT2D eigenvalue weighted by Crippen LogP contribution is 2.36. The molecule has 1 atom stereocenters. The van der Waals surface area contributed by atoms with E-state index >= 15 is 0 Å². The molecule has 3 rings (SSSR count). The van der Waals surface area contributed by atoms with Gasteiger partial charge >= 0.3 is 0 Å². The summed E-state index contributed by atoms with van der Waals surface area (Å²) in [5, 5.41) is 0.521. The Bertz CT molecular complexity index is 680. The quantitative estimate of drug-likeness (QED) is 0.872. The van der Waals surface area contributed by atoms with E-state index in [1.807, 2.05) is 6.07 Å². The Morgan fingerprint density at radius 3 is 2.60 bits per heavy atom. The van der Waals surface area contributed by atoms with Crippen LogP contribution in [0.1, 0.15) is 24.6 Å². The number of halogens is 1. The van der Waals surface area contributed by atoms with E-state index < -0.39 is 10.0 Å². The molecule has 20 heavy (non-hydrogen) atoms. The van der Waals surface area contributed by atoms with E-state index in [0.29, 0.717) is 17.3 Å². The predicted molar refractivity (Wildman–Crippen MR) is 76.0 cm³/mol. The molecule has 0 radical (unpaired) electrons. The molecule has 0 bridgehead atoms. The van der Waals surface area contributed by atoms with E-state index in [1.54, 1.807) is 24.5 Å². The molecular formula is C14H14ClNO3S. The molecule has 0 amide bonds. The van der Waals surface area contributed by atoms with Crippen molar-refractivity contribution in [1.29, 1.82) is 0 Å². The van der Waals surface area contributed by atoms with Crippen molar-refractivity contribution in [3.8, 4) is 0 Å². The Morgan fingerprint density at radius 2 is 1.95 bits per heavy atom. The van der Waals surface area contributed by atoms with Gasteiger partial charge in [0.2, 0.25) is 10.0 Å². The van der Waals surface area contributed by atoms with E-state index in [9.17, 15) is 8.42 Å². The van der Waals surface area contributed by atoms with Gasteiger partial charge in [-0.15, -0.1) is 0 Å². The second-order valence-electron chi connectivity index (χ2n) is 4.74. The molecule has 1 aliphatic rings. The molecule has 0 aliphatic carbocycles. The summed E-state index contributed by atoms with van der Waals surface area (Å²) >= 11 is 5.81. The van der Waals surface area contributed by atoms with Crippen LogP contribution in [0.3, 0.4) is 0 Å².